The standard InChI is InChI=1S/C25H19F4N3O2/c1-34-21-8-6-16(7-9-21)22-14-30-23(32-22)17-4-2-15(3-5-17)13-31-24(33)18-10-19(25(27,28)29)12-20(26)11-18/h2-12,14H,13H2,1H3,(H,30,32)(H,31,33). The molecule has 174 valence electrons. The summed E-state index contributed by atoms with van der Waals surface area (Å²) in [5.74, 6) is -0.522. The van der Waals surface area contributed by atoms with E-state index in [-0.39, 0.29) is 6.54 Å². The molecule has 1 amide bonds. The zero-order chi connectivity index (χ0) is 24.3. The lowest BCUT2D eigenvalue weighted by Gasteiger charge is -2.10. The lowest BCUT2D eigenvalue weighted by molar-refractivity contribution is -0.137. The summed E-state index contributed by atoms with van der Waals surface area (Å²) < 4.78 is 57.3. The van der Waals surface area contributed by atoms with Gasteiger partial charge in [-0.25, -0.2) is 9.37 Å². The number of alkyl halides is 3. The van der Waals surface area contributed by atoms with Gasteiger partial charge in [0, 0.05) is 17.7 Å². The summed E-state index contributed by atoms with van der Waals surface area (Å²) in [6.07, 6.45) is -3.02. The molecule has 0 atom stereocenters. The fraction of sp³-hybridized carbons (Fsp3) is 0.120. The van der Waals surface area contributed by atoms with E-state index in [1.54, 1.807) is 25.4 Å². The second-order valence-corrected chi connectivity index (χ2v) is 7.48. The highest BCUT2D eigenvalue weighted by Gasteiger charge is 2.32. The van der Waals surface area contributed by atoms with Crippen molar-refractivity contribution >= 4 is 5.91 Å². The van der Waals surface area contributed by atoms with Crippen LogP contribution in [0.5, 0.6) is 5.75 Å². The molecule has 3 aromatic carbocycles. The Morgan fingerprint density at radius 3 is 2.32 bits per heavy atom. The van der Waals surface area contributed by atoms with Gasteiger partial charge in [0.1, 0.15) is 17.4 Å². The van der Waals surface area contributed by atoms with Crippen molar-refractivity contribution in [2.45, 2.75) is 12.7 Å². The zero-order valence-electron chi connectivity index (χ0n) is 17.9. The Morgan fingerprint density at radius 1 is 1.00 bits per heavy atom. The molecule has 0 fully saturated rings. The van der Waals surface area contributed by atoms with Gasteiger partial charge in [0.2, 0.25) is 0 Å². The molecule has 4 aromatic rings. The Balaban J connectivity index is 1.41. The van der Waals surface area contributed by atoms with Crippen molar-refractivity contribution in [3.05, 3.63) is 95.4 Å². The number of imidazole rings is 1. The summed E-state index contributed by atoms with van der Waals surface area (Å²) in [6, 6.07) is 16.4. The van der Waals surface area contributed by atoms with Gasteiger partial charge in [0.25, 0.3) is 5.91 Å². The van der Waals surface area contributed by atoms with E-state index in [0.29, 0.717) is 23.5 Å². The number of benzene rings is 3. The summed E-state index contributed by atoms with van der Waals surface area (Å²) in [6.45, 7) is 0.0617. The largest absolute Gasteiger partial charge is 0.497 e. The molecule has 1 aromatic heterocycles. The predicted octanol–water partition coefficient (Wildman–Crippen LogP) is 5.84. The smallest absolute Gasteiger partial charge is 0.416 e. The number of aromatic amines is 1. The van der Waals surface area contributed by atoms with Crippen LogP contribution in [-0.2, 0) is 12.7 Å². The molecule has 0 saturated carbocycles. The molecule has 0 unspecified atom stereocenters. The van der Waals surface area contributed by atoms with Crippen molar-refractivity contribution in [1.29, 1.82) is 0 Å². The minimum atomic E-state index is -4.74. The highest BCUT2D eigenvalue weighted by molar-refractivity contribution is 5.94. The minimum absolute atomic E-state index is 0.0617. The van der Waals surface area contributed by atoms with Crippen LogP contribution in [0, 0.1) is 5.82 Å². The number of hydrogen-bond acceptors (Lipinski definition) is 3. The molecular weight excluding hydrogens is 450 g/mol. The Labute approximate surface area is 192 Å². The van der Waals surface area contributed by atoms with Crippen LogP contribution in [0.25, 0.3) is 22.6 Å². The first-order valence-electron chi connectivity index (χ1n) is 10.2. The van der Waals surface area contributed by atoms with E-state index < -0.39 is 29.0 Å². The van der Waals surface area contributed by atoms with Crippen LogP contribution in [0.15, 0.2) is 72.9 Å². The fourth-order valence-electron chi connectivity index (χ4n) is 3.33. The van der Waals surface area contributed by atoms with E-state index in [9.17, 15) is 22.4 Å². The van der Waals surface area contributed by atoms with Gasteiger partial charge in [-0.3, -0.25) is 4.79 Å². The van der Waals surface area contributed by atoms with Crippen molar-refractivity contribution in [2.75, 3.05) is 7.11 Å². The number of aromatic nitrogens is 2. The number of nitrogens with zero attached hydrogens (tertiary/aromatic N) is 1. The molecule has 2 N–H and O–H groups in total. The average Bonchev–Trinajstić information content (AvgIpc) is 3.32. The van der Waals surface area contributed by atoms with Crippen molar-refractivity contribution < 1.29 is 27.1 Å². The molecule has 0 aliphatic heterocycles. The minimum Gasteiger partial charge on any atom is -0.497 e. The predicted molar refractivity (Wildman–Crippen MR) is 119 cm³/mol. The van der Waals surface area contributed by atoms with Crippen LogP contribution < -0.4 is 10.1 Å². The van der Waals surface area contributed by atoms with Gasteiger partial charge < -0.3 is 15.0 Å². The molecule has 4 rings (SSSR count). The molecule has 9 heteroatoms. The summed E-state index contributed by atoms with van der Waals surface area (Å²) in [5.41, 5.74) is 1.70. The third-order valence-electron chi connectivity index (χ3n) is 5.14. The number of nitrogens with one attached hydrogen (secondary N) is 2. The highest BCUT2D eigenvalue weighted by Crippen LogP contribution is 2.30. The van der Waals surface area contributed by atoms with Gasteiger partial charge in [-0.05, 0) is 53.6 Å². The molecule has 0 aliphatic carbocycles. The van der Waals surface area contributed by atoms with Gasteiger partial charge in [-0.2, -0.15) is 13.2 Å². The first kappa shape index (κ1) is 23.0. The quantitative estimate of drug-likeness (QED) is 0.349. The molecule has 1 heterocycles. The van der Waals surface area contributed by atoms with Crippen LogP contribution in [0.1, 0.15) is 21.5 Å². The average molecular weight is 469 g/mol. The van der Waals surface area contributed by atoms with E-state index in [1.807, 2.05) is 36.4 Å². The number of H-pyrrole nitrogens is 1. The second kappa shape index (κ2) is 9.38. The van der Waals surface area contributed by atoms with Crippen molar-refractivity contribution in [1.82, 2.24) is 15.3 Å². The Hall–Kier alpha value is -4.14. The molecule has 34 heavy (non-hydrogen) atoms. The third-order valence-corrected chi connectivity index (χ3v) is 5.14. The zero-order valence-corrected chi connectivity index (χ0v) is 17.9. The second-order valence-electron chi connectivity index (χ2n) is 7.48. The number of amides is 1. The molecule has 0 saturated heterocycles. The first-order chi connectivity index (χ1) is 16.2. The van der Waals surface area contributed by atoms with Crippen LogP contribution in [0.4, 0.5) is 17.6 Å². The van der Waals surface area contributed by atoms with Crippen molar-refractivity contribution in [2.24, 2.45) is 0 Å². The Bertz CT molecular complexity index is 1300. The highest BCUT2D eigenvalue weighted by atomic mass is 19.4. The summed E-state index contributed by atoms with van der Waals surface area (Å²) >= 11 is 0. The third kappa shape index (κ3) is 5.25. The van der Waals surface area contributed by atoms with Crippen LogP contribution >= 0.6 is 0 Å². The van der Waals surface area contributed by atoms with E-state index >= 15 is 0 Å². The summed E-state index contributed by atoms with van der Waals surface area (Å²) in [7, 11) is 1.60. The number of hydrogen-bond donors (Lipinski definition) is 2. The van der Waals surface area contributed by atoms with Gasteiger partial charge in [0.15, 0.2) is 0 Å². The van der Waals surface area contributed by atoms with E-state index in [1.165, 1.54) is 0 Å². The summed E-state index contributed by atoms with van der Waals surface area (Å²) in [4.78, 5) is 19.9. The Kier molecular flexibility index (Phi) is 6.36. The normalized spacial score (nSPS) is 11.3. The fourth-order valence-corrected chi connectivity index (χ4v) is 3.33. The topological polar surface area (TPSA) is 67.0 Å². The maximum atomic E-state index is 13.5. The number of ether oxygens (including phenoxy) is 1. The van der Waals surface area contributed by atoms with Gasteiger partial charge in [-0.15, -0.1) is 0 Å². The van der Waals surface area contributed by atoms with E-state index in [2.05, 4.69) is 15.3 Å². The SMILES string of the molecule is COc1ccc(-c2cnc(-c3ccc(CNC(=O)c4cc(F)cc(C(F)(F)F)c4)cc3)[nH]2)cc1. The maximum absolute atomic E-state index is 13.5. The number of carbonyl (C=O) groups is 1. The number of methoxy groups -OCH3 is 1. The molecule has 0 radical (unpaired) electrons. The van der Waals surface area contributed by atoms with Crippen LogP contribution in [0.3, 0.4) is 0 Å². The molecule has 0 bridgehead atoms. The monoisotopic (exact) mass is 469 g/mol. The summed E-state index contributed by atoms with van der Waals surface area (Å²) in [5, 5.41) is 2.51. The molecule has 0 spiro atoms. The van der Waals surface area contributed by atoms with E-state index in [0.717, 1.165) is 28.6 Å². The van der Waals surface area contributed by atoms with Crippen LogP contribution in [0.2, 0.25) is 0 Å². The van der Waals surface area contributed by atoms with Crippen LogP contribution in [-0.4, -0.2) is 23.0 Å². The van der Waals surface area contributed by atoms with Crippen molar-refractivity contribution in [3.63, 3.8) is 0 Å². The maximum Gasteiger partial charge on any atom is 0.416 e. The molecule has 5 nitrogen and oxygen atoms in total. The van der Waals surface area contributed by atoms with Gasteiger partial charge in [-0.1, -0.05) is 24.3 Å². The molecule has 0 aliphatic rings. The van der Waals surface area contributed by atoms with E-state index in [4.69, 9.17) is 4.74 Å². The Morgan fingerprint density at radius 2 is 1.68 bits per heavy atom. The van der Waals surface area contributed by atoms with Gasteiger partial charge >= 0.3 is 6.18 Å². The van der Waals surface area contributed by atoms with Crippen molar-refractivity contribution in [3.8, 4) is 28.4 Å². The number of carbonyl (C=O) groups excluding carboxylic acids is 1. The lowest BCUT2D eigenvalue weighted by atomic mass is 10.1. The lowest BCUT2D eigenvalue weighted by Crippen LogP contribution is -2.23. The first-order valence-corrected chi connectivity index (χ1v) is 10.2. The number of rotatable bonds is 6. The molecular formula is C25H19F4N3O2. The van der Waals surface area contributed by atoms with Gasteiger partial charge in [0.05, 0.1) is 24.6 Å². The number of halogens is 4.